The summed E-state index contributed by atoms with van der Waals surface area (Å²) in [6.07, 6.45) is 3.46. The summed E-state index contributed by atoms with van der Waals surface area (Å²) >= 11 is 7.27. The highest BCUT2D eigenvalue weighted by molar-refractivity contribution is 6.21. The first-order chi connectivity index (χ1) is 20.7. The molecule has 242 valence electrons. The van der Waals surface area contributed by atoms with Gasteiger partial charge in [0.1, 0.15) is 6.17 Å². The van der Waals surface area contributed by atoms with Gasteiger partial charge in [0.25, 0.3) is 0 Å². The Hall–Kier alpha value is -1.50. The molecule has 5 heterocycles. The zero-order valence-corrected chi connectivity index (χ0v) is 26.6. The quantitative estimate of drug-likeness (QED) is 0.281. The van der Waals surface area contributed by atoms with Gasteiger partial charge in [-0.15, -0.1) is 11.6 Å². The molecule has 0 aromatic carbocycles. The highest BCUT2D eigenvalue weighted by atomic mass is 35.5. The Kier molecular flexibility index (Phi) is 9.58. The number of alkyl halides is 2. The minimum atomic E-state index is -0.963. The molecule has 10 nitrogen and oxygen atoms in total. The van der Waals surface area contributed by atoms with Crippen LogP contribution in [0.25, 0.3) is 0 Å². The molecule has 4 N–H and O–H groups in total. The normalized spacial score (nSPS) is 44.4. The van der Waals surface area contributed by atoms with Crippen LogP contribution in [0.1, 0.15) is 52.9 Å². The molecule has 43 heavy (non-hydrogen) atoms. The number of carbonyl (C=O) groups excluding carboxylic acids is 2. The summed E-state index contributed by atoms with van der Waals surface area (Å²) in [5.74, 6) is -0.109. The van der Waals surface area contributed by atoms with Crippen molar-refractivity contribution in [3.05, 3.63) is 12.7 Å². The minimum absolute atomic E-state index is 0.00599. The molecule has 1 aliphatic carbocycles. The predicted molar refractivity (Wildman–Crippen MR) is 164 cm³/mol. The van der Waals surface area contributed by atoms with Crippen LogP contribution in [0.4, 0.5) is 9.18 Å². The molecular formula is C31H51ClFN7O3. The van der Waals surface area contributed by atoms with Crippen molar-refractivity contribution in [3.8, 4) is 0 Å². The summed E-state index contributed by atoms with van der Waals surface area (Å²) in [7, 11) is 0. The summed E-state index contributed by atoms with van der Waals surface area (Å²) < 4.78 is 22.4. The number of fused-ring (bicyclic) bond motifs is 5. The van der Waals surface area contributed by atoms with E-state index in [1.807, 2.05) is 9.80 Å². The second-order valence-corrected chi connectivity index (χ2v) is 14.5. The van der Waals surface area contributed by atoms with E-state index in [1.165, 1.54) is 6.08 Å². The molecule has 0 radical (unpaired) electrons. The van der Waals surface area contributed by atoms with Crippen molar-refractivity contribution < 1.29 is 18.7 Å². The van der Waals surface area contributed by atoms with Gasteiger partial charge in [-0.05, 0) is 57.6 Å². The van der Waals surface area contributed by atoms with E-state index >= 15 is 4.39 Å². The highest BCUT2D eigenvalue weighted by Gasteiger charge is 2.57. The second-order valence-electron chi connectivity index (χ2n) is 13.9. The number of ether oxygens (including phenoxy) is 1. The van der Waals surface area contributed by atoms with Crippen LogP contribution in [0, 0.1) is 17.8 Å². The van der Waals surface area contributed by atoms with Crippen molar-refractivity contribution in [3.63, 3.8) is 0 Å². The third-order valence-corrected chi connectivity index (χ3v) is 11.6. The monoisotopic (exact) mass is 623 g/mol. The second kappa shape index (κ2) is 13.1. The third kappa shape index (κ3) is 5.94. The maximum Gasteiger partial charge on any atom is 0.320 e. The molecule has 0 spiro atoms. The van der Waals surface area contributed by atoms with Gasteiger partial charge in [-0.1, -0.05) is 20.4 Å². The van der Waals surface area contributed by atoms with Gasteiger partial charge >= 0.3 is 6.03 Å². The average Bonchev–Trinajstić information content (AvgIpc) is 2.98. The number of amides is 3. The fraction of sp³-hybridized carbons (Fsp3) is 0.871. The Morgan fingerprint density at radius 2 is 1.98 bits per heavy atom. The van der Waals surface area contributed by atoms with E-state index < -0.39 is 6.17 Å². The Bertz CT molecular complexity index is 1040. The highest BCUT2D eigenvalue weighted by Crippen LogP contribution is 2.42. The summed E-state index contributed by atoms with van der Waals surface area (Å²) in [5.41, 5.74) is 0. The first-order valence-corrected chi connectivity index (χ1v) is 17.0. The Morgan fingerprint density at radius 3 is 2.72 bits per heavy atom. The fourth-order valence-corrected chi connectivity index (χ4v) is 9.56. The van der Waals surface area contributed by atoms with E-state index in [-0.39, 0.29) is 83.7 Å². The smallest absolute Gasteiger partial charge is 0.320 e. The number of hydrogen-bond donors (Lipinski definition) is 4. The molecule has 5 aliphatic heterocycles. The molecule has 11 unspecified atom stereocenters. The lowest BCUT2D eigenvalue weighted by Gasteiger charge is -2.60. The first kappa shape index (κ1) is 31.5. The number of nitrogens with zero attached hydrogens (tertiary/aromatic N) is 3. The maximum atomic E-state index is 15.8. The zero-order valence-electron chi connectivity index (χ0n) is 25.9. The Morgan fingerprint density at radius 1 is 1.16 bits per heavy atom. The van der Waals surface area contributed by atoms with E-state index in [4.69, 9.17) is 16.3 Å². The zero-order chi connectivity index (χ0) is 30.4. The summed E-state index contributed by atoms with van der Waals surface area (Å²) in [4.78, 5) is 33.0. The van der Waals surface area contributed by atoms with Crippen molar-refractivity contribution in [2.45, 2.75) is 113 Å². The van der Waals surface area contributed by atoms with Gasteiger partial charge in [0.2, 0.25) is 5.91 Å². The van der Waals surface area contributed by atoms with Gasteiger partial charge < -0.3 is 30.5 Å². The van der Waals surface area contributed by atoms with Crippen LogP contribution in [0.15, 0.2) is 12.7 Å². The molecule has 12 heteroatoms. The van der Waals surface area contributed by atoms with Crippen molar-refractivity contribution in [1.82, 2.24) is 36.0 Å². The van der Waals surface area contributed by atoms with Crippen LogP contribution < -0.4 is 21.3 Å². The van der Waals surface area contributed by atoms with E-state index in [1.54, 1.807) is 0 Å². The molecule has 0 aromatic heterocycles. The van der Waals surface area contributed by atoms with Gasteiger partial charge in [0.15, 0.2) is 0 Å². The van der Waals surface area contributed by atoms with Crippen LogP contribution in [0.5, 0.6) is 0 Å². The first-order valence-electron chi connectivity index (χ1n) is 16.6. The lowest BCUT2D eigenvalue weighted by molar-refractivity contribution is -0.132. The van der Waals surface area contributed by atoms with E-state index in [2.05, 4.69) is 53.5 Å². The maximum absolute atomic E-state index is 15.8. The number of urea groups is 1. The molecule has 12 atom stereocenters. The SMILES string of the molecule is C=CC(=O)N1CCN(C2NC(=O)N3C4NC(C(Cl)CC42)C2C(F)CCCC2NCCOC2CCNC(C(C)C)C23)[C@@H](C)C1. The summed E-state index contributed by atoms with van der Waals surface area (Å²) in [6, 6.07) is -0.490. The minimum Gasteiger partial charge on any atom is -0.375 e. The van der Waals surface area contributed by atoms with Crippen molar-refractivity contribution >= 4 is 23.5 Å². The molecular weight excluding hydrogens is 573 g/mol. The number of nitrogens with one attached hydrogen (secondary N) is 4. The molecule has 5 saturated heterocycles. The molecule has 1 saturated carbocycles. The van der Waals surface area contributed by atoms with Gasteiger partial charge in [-0.25, -0.2) is 9.18 Å². The van der Waals surface area contributed by atoms with Crippen molar-refractivity contribution in [2.24, 2.45) is 17.8 Å². The number of rotatable bonds is 3. The summed E-state index contributed by atoms with van der Waals surface area (Å²) in [5, 5.41) is 14.3. The van der Waals surface area contributed by atoms with Crippen LogP contribution in [0.2, 0.25) is 0 Å². The van der Waals surface area contributed by atoms with Crippen molar-refractivity contribution in [1.29, 1.82) is 0 Å². The lowest BCUT2D eigenvalue weighted by atomic mass is 9.72. The lowest BCUT2D eigenvalue weighted by Crippen LogP contribution is -2.80. The Labute approximate surface area is 260 Å². The van der Waals surface area contributed by atoms with Gasteiger partial charge in [0.05, 0.1) is 31.1 Å². The van der Waals surface area contributed by atoms with E-state index in [9.17, 15) is 9.59 Å². The van der Waals surface area contributed by atoms with E-state index in [0.717, 1.165) is 25.8 Å². The molecule has 6 fully saturated rings. The Balaban J connectivity index is 1.37. The molecule has 6 rings (SSSR count). The van der Waals surface area contributed by atoms with Crippen LogP contribution >= 0.6 is 11.6 Å². The molecule has 2 bridgehead atoms. The average molecular weight is 624 g/mol. The van der Waals surface area contributed by atoms with E-state index in [0.29, 0.717) is 45.6 Å². The number of piperazine rings is 1. The number of carbonyl (C=O) groups is 2. The topological polar surface area (TPSA) is 101 Å². The van der Waals surface area contributed by atoms with Gasteiger partial charge in [0, 0.05) is 67.6 Å². The number of halogens is 2. The molecule has 0 aromatic rings. The standard InChI is InChI=1S/C31H51ClFN7O3/c1-5-24(41)38-12-13-39(18(4)16-38)29-19-15-20(32)27-25-21(33)7-6-8-22(25)34-11-14-43-23-9-10-35-26(17(2)3)28(23)40(30(19)36-27)31(42)37-29/h5,17-23,25-30,34-36H,1,6-16H2,2-4H3,(H,37,42)/t18-,19?,20?,21?,22?,23?,25?,26?,27?,28?,29?,30?/m0/s1. The van der Waals surface area contributed by atoms with Gasteiger partial charge in [-0.2, -0.15) is 0 Å². The summed E-state index contributed by atoms with van der Waals surface area (Å²) in [6.45, 7) is 13.9. The van der Waals surface area contributed by atoms with Gasteiger partial charge in [-0.3, -0.25) is 15.0 Å². The van der Waals surface area contributed by atoms with Crippen molar-refractivity contribution in [2.75, 3.05) is 39.3 Å². The van der Waals surface area contributed by atoms with Crippen LogP contribution in [-0.2, 0) is 9.53 Å². The largest absolute Gasteiger partial charge is 0.375 e. The fourth-order valence-electron chi connectivity index (χ4n) is 9.12. The number of piperidine rings is 2. The van der Waals surface area contributed by atoms with Crippen LogP contribution in [-0.4, -0.2) is 126 Å². The molecule has 3 amide bonds. The predicted octanol–water partition coefficient (Wildman–Crippen LogP) is 1.85. The number of hydrogen-bond acceptors (Lipinski definition) is 7. The van der Waals surface area contributed by atoms with Crippen LogP contribution in [0.3, 0.4) is 0 Å². The molecule has 6 aliphatic rings. The third-order valence-electron chi connectivity index (χ3n) is 11.1.